The van der Waals surface area contributed by atoms with Crippen LogP contribution >= 0.6 is 11.3 Å². The number of alkyl halides is 3. The van der Waals surface area contributed by atoms with Crippen LogP contribution in [0, 0.1) is 0 Å². The first kappa shape index (κ1) is 29.1. The number of hydrogen-bond donors (Lipinski definition) is 0. The first-order valence-electron chi connectivity index (χ1n) is 12.3. The van der Waals surface area contributed by atoms with Crippen LogP contribution < -0.4 is 4.74 Å². The number of halogens is 3. The Morgan fingerprint density at radius 3 is 2.45 bits per heavy atom. The van der Waals surface area contributed by atoms with Crippen LogP contribution in [-0.2, 0) is 28.5 Å². The molecule has 0 saturated heterocycles. The number of ketones is 1. The molecule has 0 aliphatic heterocycles. The maximum Gasteiger partial charge on any atom is 0.416 e. The molecule has 0 aliphatic rings. The van der Waals surface area contributed by atoms with Gasteiger partial charge in [0.1, 0.15) is 10.8 Å². The third kappa shape index (κ3) is 7.54. The highest BCUT2D eigenvalue weighted by molar-refractivity contribution is 7.15. The third-order valence-corrected chi connectivity index (χ3v) is 6.89. The lowest BCUT2D eigenvalue weighted by Crippen LogP contribution is -2.15. The Bertz CT molecular complexity index is 1280. The minimum Gasteiger partial charge on any atom is -0.482 e. The quantitative estimate of drug-likeness (QED) is 0.134. The van der Waals surface area contributed by atoms with E-state index in [-0.39, 0.29) is 31.3 Å². The molecular formula is C29H30F3NO4S. The minimum absolute atomic E-state index is 0.0635. The molecule has 38 heavy (non-hydrogen) atoms. The maximum atomic E-state index is 13.1. The summed E-state index contributed by atoms with van der Waals surface area (Å²) in [6.45, 7) is 9.49. The monoisotopic (exact) mass is 545 g/mol. The largest absolute Gasteiger partial charge is 0.482 e. The van der Waals surface area contributed by atoms with Gasteiger partial charge in [-0.1, -0.05) is 32.1 Å². The van der Waals surface area contributed by atoms with Crippen molar-refractivity contribution in [2.75, 3.05) is 13.2 Å². The number of thiazole rings is 1. The molecule has 5 nitrogen and oxygen atoms in total. The zero-order valence-electron chi connectivity index (χ0n) is 21.6. The molecule has 0 fully saturated rings. The molecule has 0 atom stereocenters. The van der Waals surface area contributed by atoms with Crippen LogP contribution in [-0.4, -0.2) is 30.0 Å². The van der Waals surface area contributed by atoms with E-state index in [9.17, 15) is 22.8 Å². The van der Waals surface area contributed by atoms with Gasteiger partial charge in [0.05, 0.1) is 17.9 Å². The molecule has 0 aliphatic carbocycles. The number of hydrogen-bond acceptors (Lipinski definition) is 6. The van der Waals surface area contributed by atoms with Crippen LogP contribution in [0.4, 0.5) is 13.2 Å². The summed E-state index contributed by atoms with van der Waals surface area (Å²) in [5.74, 6) is 0.0413. The number of benzene rings is 2. The molecule has 3 rings (SSSR count). The molecule has 0 N–H and O–H groups in total. The topological polar surface area (TPSA) is 65.5 Å². The summed E-state index contributed by atoms with van der Waals surface area (Å²) < 4.78 is 49.2. The van der Waals surface area contributed by atoms with Gasteiger partial charge in [-0.05, 0) is 61.6 Å². The number of ether oxygens (including phenoxy) is 2. The van der Waals surface area contributed by atoms with Gasteiger partial charge in [-0.3, -0.25) is 4.79 Å². The molecule has 3 aromatic rings. The Morgan fingerprint density at radius 1 is 1.13 bits per heavy atom. The second-order valence-corrected chi connectivity index (χ2v) is 9.97. The summed E-state index contributed by atoms with van der Waals surface area (Å²) >= 11 is 1.40. The van der Waals surface area contributed by atoms with Crippen molar-refractivity contribution in [3.8, 4) is 16.3 Å². The van der Waals surface area contributed by atoms with Gasteiger partial charge < -0.3 is 9.47 Å². The molecule has 9 heteroatoms. The second-order valence-electron chi connectivity index (χ2n) is 8.89. The molecule has 0 spiro atoms. The van der Waals surface area contributed by atoms with Crippen LogP contribution in [0.15, 0.2) is 55.1 Å². The maximum absolute atomic E-state index is 13.1. The van der Waals surface area contributed by atoms with Gasteiger partial charge in [0, 0.05) is 22.4 Å². The number of aromatic nitrogens is 1. The zero-order chi connectivity index (χ0) is 27.9. The SMILES string of the molecule is C=CCc1cc(C(=O)CCc2sc(-c3ccc(C(F)(F)F)cc3)nc2C(C)C)ccc1OCC(=O)OCC. The molecule has 1 heterocycles. The highest BCUT2D eigenvalue weighted by Gasteiger charge is 2.30. The average Bonchev–Trinajstić information content (AvgIpc) is 3.31. The molecule has 202 valence electrons. The molecule has 1 aromatic heterocycles. The predicted octanol–water partition coefficient (Wildman–Crippen LogP) is 7.44. The molecule has 0 amide bonds. The van der Waals surface area contributed by atoms with E-state index in [2.05, 4.69) is 11.6 Å². The van der Waals surface area contributed by atoms with E-state index < -0.39 is 17.7 Å². The van der Waals surface area contributed by atoms with Gasteiger partial charge in [0.2, 0.25) is 0 Å². The number of carbonyl (C=O) groups is 2. The number of aryl methyl sites for hydroxylation is 1. The van der Waals surface area contributed by atoms with Crippen LogP contribution in [0.25, 0.3) is 10.6 Å². The van der Waals surface area contributed by atoms with E-state index in [0.29, 0.717) is 34.7 Å². The minimum atomic E-state index is -4.40. The van der Waals surface area contributed by atoms with Crippen molar-refractivity contribution in [2.45, 2.75) is 52.1 Å². The predicted molar refractivity (Wildman–Crippen MR) is 142 cm³/mol. The number of Topliss-reactive ketones (excluding diaryl/α,β-unsaturated/α-hetero) is 1. The van der Waals surface area contributed by atoms with Gasteiger partial charge in [0.25, 0.3) is 0 Å². The van der Waals surface area contributed by atoms with Crippen molar-refractivity contribution in [3.63, 3.8) is 0 Å². The summed E-state index contributed by atoms with van der Waals surface area (Å²) in [5, 5.41) is 0.626. The summed E-state index contributed by atoms with van der Waals surface area (Å²) in [4.78, 5) is 30.3. The molecule has 0 radical (unpaired) electrons. The van der Waals surface area contributed by atoms with Crippen molar-refractivity contribution in [1.29, 1.82) is 0 Å². The van der Waals surface area contributed by atoms with E-state index in [1.807, 2.05) is 13.8 Å². The van der Waals surface area contributed by atoms with Crippen LogP contribution in [0.2, 0.25) is 0 Å². The van der Waals surface area contributed by atoms with Gasteiger partial charge in [-0.2, -0.15) is 13.2 Å². The summed E-state index contributed by atoms with van der Waals surface area (Å²) in [6, 6.07) is 10.0. The fraction of sp³-hybridized carbons (Fsp3) is 0.345. The fourth-order valence-corrected chi connectivity index (χ4v) is 5.06. The molecule has 0 bridgehead atoms. The smallest absolute Gasteiger partial charge is 0.416 e. The molecular weight excluding hydrogens is 515 g/mol. The van der Waals surface area contributed by atoms with E-state index in [1.54, 1.807) is 31.2 Å². The lowest BCUT2D eigenvalue weighted by atomic mass is 10.00. The van der Waals surface area contributed by atoms with Crippen molar-refractivity contribution in [3.05, 3.63) is 82.4 Å². The summed E-state index contributed by atoms with van der Waals surface area (Å²) in [7, 11) is 0. The second kappa shape index (κ2) is 12.9. The van der Waals surface area contributed by atoms with E-state index in [4.69, 9.17) is 9.47 Å². The number of allylic oxidation sites excluding steroid dienone is 1. The van der Waals surface area contributed by atoms with Gasteiger partial charge in [-0.25, -0.2) is 9.78 Å². The Kier molecular flexibility index (Phi) is 9.85. The third-order valence-electron chi connectivity index (χ3n) is 5.71. The van der Waals surface area contributed by atoms with Crippen LogP contribution in [0.3, 0.4) is 0 Å². The molecule has 2 aromatic carbocycles. The zero-order valence-corrected chi connectivity index (χ0v) is 22.4. The van der Waals surface area contributed by atoms with E-state index in [1.165, 1.54) is 23.5 Å². The number of rotatable bonds is 12. The Labute approximate surface area is 224 Å². The average molecular weight is 546 g/mol. The lowest BCUT2D eigenvalue weighted by molar-refractivity contribution is -0.145. The van der Waals surface area contributed by atoms with E-state index in [0.717, 1.165) is 28.3 Å². The summed E-state index contributed by atoms with van der Waals surface area (Å²) in [6.07, 6.45) is -1.54. The van der Waals surface area contributed by atoms with Crippen LogP contribution in [0.1, 0.15) is 65.2 Å². The standard InChI is InChI=1S/C29H30F3NO4S/c1-5-7-21-16-20(10-14-24(21)37-17-26(35)36-6-2)23(34)13-15-25-27(18(3)4)33-28(38-25)19-8-11-22(12-9-19)29(30,31)32/h5,8-12,14,16,18H,1,6-7,13,15,17H2,2-4H3. The van der Waals surface area contributed by atoms with Gasteiger partial charge in [0.15, 0.2) is 12.4 Å². The lowest BCUT2D eigenvalue weighted by Gasteiger charge is -2.12. The number of nitrogens with zero attached hydrogens (tertiary/aromatic N) is 1. The summed E-state index contributed by atoms with van der Waals surface area (Å²) in [5.41, 5.74) is 1.99. The van der Waals surface area contributed by atoms with Crippen molar-refractivity contribution in [1.82, 2.24) is 4.98 Å². The van der Waals surface area contributed by atoms with Crippen molar-refractivity contribution < 1.29 is 32.2 Å². The van der Waals surface area contributed by atoms with Crippen molar-refractivity contribution >= 4 is 23.1 Å². The number of esters is 1. The van der Waals surface area contributed by atoms with Crippen LogP contribution in [0.5, 0.6) is 5.75 Å². The number of carbonyl (C=O) groups excluding carboxylic acids is 2. The van der Waals surface area contributed by atoms with Gasteiger partial charge in [-0.15, -0.1) is 17.9 Å². The highest BCUT2D eigenvalue weighted by Crippen LogP contribution is 2.35. The highest BCUT2D eigenvalue weighted by atomic mass is 32.1. The Morgan fingerprint density at radius 2 is 1.84 bits per heavy atom. The van der Waals surface area contributed by atoms with E-state index >= 15 is 0 Å². The first-order valence-corrected chi connectivity index (χ1v) is 13.1. The first-order chi connectivity index (χ1) is 18.0. The Balaban J connectivity index is 1.75. The fourth-order valence-electron chi connectivity index (χ4n) is 3.84. The molecule has 0 unspecified atom stereocenters. The Hall–Kier alpha value is -3.46. The van der Waals surface area contributed by atoms with Crippen molar-refractivity contribution in [2.24, 2.45) is 0 Å². The molecule has 0 saturated carbocycles. The normalized spacial score (nSPS) is 11.4. The van der Waals surface area contributed by atoms with Gasteiger partial charge >= 0.3 is 12.1 Å².